The van der Waals surface area contributed by atoms with Crippen molar-refractivity contribution in [2.24, 2.45) is 0 Å². The molecule has 0 aliphatic carbocycles. The molecule has 0 saturated heterocycles. The second-order valence-electron chi connectivity index (χ2n) is 2.99. The standard InChI is InChI=1S/C11H12O3S/c1-2-7-15-11(14)9-6-4-3-5-8(9)10(12)13/h3-6H,2,7H2,1H3,(H,12,13). The molecule has 0 unspecified atom stereocenters. The molecule has 3 nitrogen and oxygen atoms in total. The summed E-state index contributed by atoms with van der Waals surface area (Å²) in [6, 6.07) is 6.29. The lowest BCUT2D eigenvalue weighted by Crippen LogP contribution is -2.06. The molecule has 4 heteroatoms. The van der Waals surface area contributed by atoms with Crippen molar-refractivity contribution < 1.29 is 14.7 Å². The summed E-state index contributed by atoms with van der Waals surface area (Å²) in [6.07, 6.45) is 0.894. The van der Waals surface area contributed by atoms with Crippen molar-refractivity contribution in [3.05, 3.63) is 35.4 Å². The number of hydrogen-bond acceptors (Lipinski definition) is 3. The number of carboxylic acid groups (broad SMARTS) is 1. The molecule has 0 aliphatic rings. The summed E-state index contributed by atoms with van der Waals surface area (Å²) in [4.78, 5) is 22.5. The fourth-order valence-electron chi connectivity index (χ4n) is 1.12. The van der Waals surface area contributed by atoms with Gasteiger partial charge in [-0.1, -0.05) is 30.8 Å². The van der Waals surface area contributed by atoms with E-state index in [-0.39, 0.29) is 16.2 Å². The highest BCUT2D eigenvalue weighted by molar-refractivity contribution is 8.14. The normalized spacial score (nSPS) is 9.93. The number of carboxylic acids is 1. The van der Waals surface area contributed by atoms with Gasteiger partial charge in [-0.15, -0.1) is 0 Å². The van der Waals surface area contributed by atoms with E-state index in [1.54, 1.807) is 18.2 Å². The number of carbonyl (C=O) groups is 2. The monoisotopic (exact) mass is 224 g/mol. The predicted molar refractivity (Wildman–Crippen MR) is 60.5 cm³/mol. The van der Waals surface area contributed by atoms with Crippen molar-refractivity contribution >= 4 is 22.8 Å². The maximum absolute atomic E-state index is 11.6. The minimum Gasteiger partial charge on any atom is -0.478 e. The first-order valence-corrected chi connectivity index (χ1v) is 5.64. The molecule has 1 N–H and O–H groups in total. The third-order valence-corrected chi connectivity index (χ3v) is 2.91. The first kappa shape index (κ1) is 11.8. The zero-order valence-corrected chi connectivity index (χ0v) is 9.21. The summed E-state index contributed by atoms with van der Waals surface area (Å²) in [5.74, 6) is -0.344. The van der Waals surface area contributed by atoms with Crippen LogP contribution >= 0.6 is 11.8 Å². The van der Waals surface area contributed by atoms with Crippen LogP contribution in [0.5, 0.6) is 0 Å². The van der Waals surface area contributed by atoms with E-state index in [1.165, 1.54) is 6.07 Å². The van der Waals surface area contributed by atoms with Crippen LogP contribution in [-0.2, 0) is 0 Å². The number of benzene rings is 1. The van der Waals surface area contributed by atoms with Crippen LogP contribution in [-0.4, -0.2) is 21.9 Å². The number of carbonyl (C=O) groups excluding carboxylic acids is 1. The first-order chi connectivity index (χ1) is 7.16. The van der Waals surface area contributed by atoms with E-state index < -0.39 is 5.97 Å². The van der Waals surface area contributed by atoms with E-state index in [9.17, 15) is 9.59 Å². The zero-order chi connectivity index (χ0) is 11.3. The molecule has 0 atom stereocenters. The zero-order valence-electron chi connectivity index (χ0n) is 8.40. The summed E-state index contributed by atoms with van der Waals surface area (Å²) < 4.78 is 0. The Balaban J connectivity index is 2.92. The number of rotatable bonds is 4. The maximum Gasteiger partial charge on any atom is 0.336 e. The number of aromatic carboxylic acids is 1. The van der Waals surface area contributed by atoms with Crippen molar-refractivity contribution in [2.45, 2.75) is 13.3 Å². The van der Waals surface area contributed by atoms with Gasteiger partial charge in [0.1, 0.15) is 0 Å². The Bertz CT molecular complexity index is 374. The van der Waals surface area contributed by atoms with Crippen molar-refractivity contribution in [3.63, 3.8) is 0 Å². The Labute approximate surface area is 92.5 Å². The van der Waals surface area contributed by atoms with Crippen LogP contribution in [0.3, 0.4) is 0 Å². The molecule has 15 heavy (non-hydrogen) atoms. The van der Waals surface area contributed by atoms with Gasteiger partial charge in [0.15, 0.2) is 0 Å². The van der Waals surface area contributed by atoms with Crippen LogP contribution in [0, 0.1) is 0 Å². The van der Waals surface area contributed by atoms with Crippen LogP contribution in [0.2, 0.25) is 0 Å². The lowest BCUT2D eigenvalue weighted by Gasteiger charge is -2.03. The Morgan fingerprint density at radius 1 is 1.27 bits per heavy atom. The Hall–Kier alpha value is -1.29. The lowest BCUT2D eigenvalue weighted by molar-refractivity contribution is 0.0693. The second kappa shape index (κ2) is 5.56. The topological polar surface area (TPSA) is 54.4 Å². The maximum atomic E-state index is 11.6. The highest BCUT2D eigenvalue weighted by Gasteiger charge is 2.15. The average Bonchev–Trinajstić information content (AvgIpc) is 2.25. The van der Waals surface area contributed by atoms with Crippen molar-refractivity contribution in [1.29, 1.82) is 0 Å². The molecule has 0 saturated carbocycles. The van der Waals surface area contributed by atoms with Crippen LogP contribution in [0.15, 0.2) is 24.3 Å². The quantitative estimate of drug-likeness (QED) is 0.854. The molecular weight excluding hydrogens is 212 g/mol. The summed E-state index contributed by atoms with van der Waals surface area (Å²) in [5, 5.41) is 8.71. The van der Waals surface area contributed by atoms with E-state index in [0.29, 0.717) is 5.75 Å². The van der Waals surface area contributed by atoms with Gasteiger partial charge in [-0.3, -0.25) is 4.79 Å². The predicted octanol–water partition coefficient (Wildman–Crippen LogP) is 2.67. The number of hydrogen-bond donors (Lipinski definition) is 1. The lowest BCUT2D eigenvalue weighted by atomic mass is 10.1. The van der Waals surface area contributed by atoms with Gasteiger partial charge in [-0.05, 0) is 18.6 Å². The molecule has 0 radical (unpaired) electrons. The first-order valence-electron chi connectivity index (χ1n) is 4.66. The highest BCUT2D eigenvalue weighted by atomic mass is 32.2. The van der Waals surface area contributed by atoms with Crippen LogP contribution in [0.1, 0.15) is 34.1 Å². The fourth-order valence-corrected chi connectivity index (χ4v) is 1.84. The largest absolute Gasteiger partial charge is 0.478 e. The summed E-state index contributed by atoms with van der Waals surface area (Å²) in [6.45, 7) is 1.98. The third-order valence-electron chi connectivity index (χ3n) is 1.81. The van der Waals surface area contributed by atoms with Gasteiger partial charge in [-0.2, -0.15) is 0 Å². The number of thioether (sulfide) groups is 1. The van der Waals surface area contributed by atoms with E-state index in [0.717, 1.165) is 18.2 Å². The van der Waals surface area contributed by atoms with E-state index >= 15 is 0 Å². The minimum absolute atomic E-state index is 0.0751. The molecule has 80 valence electrons. The molecule has 1 aromatic rings. The van der Waals surface area contributed by atoms with Crippen LogP contribution in [0.4, 0.5) is 0 Å². The molecule has 0 bridgehead atoms. The smallest absolute Gasteiger partial charge is 0.336 e. The summed E-state index contributed by atoms with van der Waals surface area (Å²) in [7, 11) is 0. The highest BCUT2D eigenvalue weighted by Crippen LogP contribution is 2.17. The Morgan fingerprint density at radius 3 is 2.40 bits per heavy atom. The molecule has 0 heterocycles. The molecule has 0 aliphatic heterocycles. The van der Waals surface area contributed by atoms with E-state index in [2.05, 4.69) is 0 Å². The van der Waals surface area contributed by atoms with E-state index in [4.69, 9.17) is 5.11 Å². The van der Waals surface area contributed by atoms with E-state index in [1.807, 2.05) is 6.92 Å². The van der Waals surface area contributed by atoms with Gasteiger partial charge < -0.3 is 5.11 Å². The van der Waals surface area contributed by atoms with Crippen LogP contribution in [0.25, 0.3) is 0 Å². The van der Waals surface area contributed by atoms with Gasteiger partial charge in [0.2, 0.25) is 5.12 Å². The molecule has 1 aromatic carbocycles. The Kier molecular flexibility index (Phi) is 4.37. The Morgan fingerprint density at radius 2 is 1.87 bits per heavy atom. The summed E-state index contributed by atoms with van der Waals surface area (Å²) in [5.41, 5.74) is 0.356. The van der Waals surface area contributed by atoms with Gasteiger partial charge in [0.25, 0.3) is 0 Å². The third kappa shape index (κ3) is 3.09. The van der Waals surface area contributed by atoms with Crippen molar-refractivity contribution in [1.82, 2.24) is 0 Å². The molecule has 0 amide bonds. The van der Waals surface area contributed by atoms with Gasteiger partial charge in [0, 0.05) is 11.3 Å². The van der Waals surface area contributed by atoms with Gasteiger partial charge in [-0.25, -0.2) is 4.79 Å². The van der Waals surface area contributed by atoms with Crippen molar-refractivity contribution in [3.8, 4) is 0 Å². The molecular formula is C11H12O3S. The molecule has 0 fully saturated rings. The minimum atomic E-state index is -1.06. The fraction of sp³-hybridized carbons (Fsp3) is 0.273. The van der Waals surface area contributed by atoms with Gasteiger partial charge >= 0.3 is 5.97 Å². The molecule has 1 rings (SSSR count). The molecule has 0 spiro atoms. The van der Waals surface area contributed by atoms with Crippen molar-refractivity contribution in [2.75, 3.05) is 5.75 Å². The SMILES string of the molecule is CCCSC(=O)c1ccccc1C(=O)O. The summed E-state index contributed by atoms with van der Waals surface area (Å²) >= 11 is 1.16. The second-order valence-corrected chi connectivity index (χ2v) is 4.05. The average molecular weight is 224 g/mol. The van der Waals surface area contributed by atoms with Crippen LogP contribution < -0.4 is 0 Å². The van der Waals surface area contributed by atoms with Gasteiger partial charge in [0.05, 0.1) is 5.56 Å². The molecule has 0 aromatic heterocycles.